The molecule has 0 aliphatic heterocycles. The smallest absolute Gasteiger partial charge is 0.258 e. The molecule has 0 aliphatic carbocycles. The first kappa shape index (κ1) is 17.2. The lowest BCUT2D eigenvalue weighted by atomic mass is 10.0. The Bertz CT molecular complexity index is 1030. The first-order valence-electron chi connectivity index (χ1n) is 7.88. The van der Waals surface area contributed by atoms with Gasteiger partial charge < -0.3 is 5.32 Å². The molecule has 3 rings (SSSR count). The number of nitrogens with zero attached hydrogens (tertiary/aromatic N) is 3. The number of rotatable bonds is 4. The highest BCUT2D eigenvalue weighted by Crippen LogP contribution is 2.18. The van der Waals surface area contributed by atoms with Crippen LogP contribution in [0.1, 0.15) is 33.3 Å². The van der Waals surface area contributed by atoms with Gasteiger partial charge in [-0.3, -0.25) is 28.9 Å². The predicted molar refractivity (Wildman–Crippen MR) is 96.8 cm³/mol. The van der Waals surface area contributed by atoms with E-state index in [1.165, 1.54) is 30.0 Å². The first-order valence-corrected chi connectivity index (χ1v) is 7.88. The fourth-order valence-corrected chi connectivity index (χ4v) is 2.73. The number of hydrogen-bond donors (Lipinski definition) is 1. The second kappa shape index (κ2) is 7.10. The molecule has 26 heavy (non-hydrogen) atoms. The number of anilines is 1. The van der Waals surface area contributed by atoms with Crippen LogP contribution in [0.15, 0.2) is 59.9 Å². The maximum Gasteiger partial charge on any atom is 0.258 e. The fourth-order valence-electron chi connectivity index (χ4n) is 2.73. The quantitative estimate of drug-likeness (QED) is 0.731. The van der Waals surface area contributed by atoms with Crippen LogP contribution in [-0.4, -0.2) is 26.2 Å². The Morgan fingerprint density at radius 1 is 1.08 bits per heavy atom. The minimum atomic E-state index is -0.488. The molecule has 0 saturated heterocycles. The summed E-state index contributed by atoms with van der Waals surface area (Å²) in [4.78, 5) is 45.3. The standard InChI is InChI=1S/C19H16N4O3/c1-12-18(19(26)22-14-5-3-7-20-10-14)16(13(2)24)9-17(25)23(12)15-6-4-8-21-11-15/h3-11H,1-2H3,(H,22,26). The molecule has 0 unspecified atom stereocenters. The van der Waals surface area contributed by atoms with Gasteiger partial charge in [-0.2, -0.15) is 0 Å². The van der Waals surface area contributed by atoms with Gasteiger partial charge >= 0.3 is 0 Å². The summed E-state index contributed by atoms with van der Waals surface area (Å²) in [6, 6.07) is 7.95. The van der Waals surface area contributed by atoms with Gasteiger partial charge in [0.2, 0.25) is 0 Å². The van der Waals surface area contributed by atoms with Crippen LogP contribution in [0.25, 0.3) is 5.69 Å². The molecule has 3 heterocycles. The maximum absolute atomic E-state index is 12.8. The monoisotopic (exact) mass is 348 g/mol. The summed E-state index contributed by atoms with van der Waals surface area (Å²) in [5.41, 5.74) is 1.18. The van der Waals surface area contributed by atoms with Crippen molar-refractivity contribution >= 4 is 17.4 Å². The van der Waals surface area contributed by atoms with Gasteiger partial charge in [-0.15, -0.1) is 0 Å². The molecule has 3 aromatic rings. The third-order valence-electron chi connectivity index (χ3n) is 3.88. The predicted octanol–water partition coefficient (Wildman–Crippen LogP) is 2.39. The fraction of sp³-hybridized carbons (Fsp3) is 0.105. The normalized spacial score (nSPS) is 10.4. The second-order valence-electron chi connectivity index (χ2n) is 5.66. The molecule has 0 bridgehead atoms. The summed E-state index contributed by atoms with van der Waals surface area (Å²) in [5.74, 6) is -0.849. The summed E-state index contributed by atoms with van der Waals surface area (Å²) in [5, 5.41) is 2.71. The number of nitrogens with one attached hydrogen (secondary N) is 1. The van der Waals surface area contributed by atoms with E-state index in [0.717, 1.165) is 0 Å². The molecule has 0 aromatic carbocycles. The van der Waals surface area contributed by atoms with Crippen LogP contribution in [0.3, 0.4) is 0 Å². The summed E-state index contributed by atoms with van der Waals surface area (Å²) in [7, 11) is 0. The lowest BCUT2D eigenvalue weighted by molar-refractivity contribution is 0.0984. The van der Waals surface area contributed by atoms with E-state index in [0.29, 0.717) is 17.1 Å². The Morgan fingerprint density at radius 2 is 1.77 bits per heavy atom. The third kappa shape index (κ3) is 3.27. The highest BCUT2D eigenvalue weighted by atomic mass is 16.2. The molecule has 0 aliphatic rings. The number of ketones is 1. The Morgan fingerprint density at radius 3 is 2.35 bits per heavy atom. The van der Waals surface area contributed by atoms with Crippen LogP contribution >= 0.6 is 0 Å². The van der Waals surface area contributed by atoms with E-state index >= 15 is 0 Å². The Balaban J connectivity index is 2.18. The molecule has 0 radical (unpaired) electrons. The molecular formula is C19H16N4O3. The summed E-state index contributed by atoms with van der Waals surface area (Å²) < 4.78 is 1.36. The van der Waals surface area contributed by atoms with Gasteiger partial charge in [-0.25, -0.2) is 0 Å². The highest BCUT2D eigenvalue weighted by molar-refractivity contribution is 6.12. The van der Waals surface area contributed by atoms with Gasteiger partial charge in [0, 0.05) is 29.7 Å². The average molecular weight is 348 g/mol. The summed E-state index contributed by atoms with van der Waals surface area (Å²) >= 11 is 0. The van der Waals surface area contributed by atoms with Gasteiger partial charge in [0.25, 0.3) is 11.5 Å². The lowest BCUT2D eigenvalue weighted by Gasteiger charge is -2.16. The van der Waals surface area contributed by atoms with Gasteiger partial charge in [0.1, 0.15) is 0 Å². The second-order valence-corrected chi connectivity index (χ2v) is 5.66. The number of pyridine rings is 3. The zero-order valence-corrected chi connectivity index (χ0v) is 14.3. The Labute approximate surface area is 149 Å². The highest BCUT2D eigenvalue weighted by Gasteiger charge is 2.22. The third-order valence-corrected chi connectivity index (χ3v) is 3.88. The molecule has 0 saturated carbocycles. The number of Topliss-reactive ketones (excluding diaryl/α,β-unsaturated/α-hetero) is 1. The number of hydrogen-bond acceptors (Lipinski definition) is 5. The molecule has 0 spiro atoms. The van der Waals surface area contributed by atoms with E-state index in [9.17, 15) is 14.4 Å². The van der Waals surface area contributed by atoms with Crippen molar-refractivity contribution < 1.29 is 9.59 Å². The molecule has 3 aromatic heterocycles. The van der Waals surface area contributed by atoms with E-state index in [4.69, 9.17) is 0 Å². The van der Waals surface area contributed by atoms with Gasteiger partial charge in [0.15, 0.2) is 5.78 Å². The van der Waals surface area contributed by atoms with Crippen molar-refractivity contribution in [2.75, 3.05) is 5.32 Å². The topological polar surface area (TPSA) is 94.0 Å². The molecular weight excluding hydrogens is 332 g/mol. The molecule has 1 amide bonds. The van der Waals surface area contributed by atoms with Crippen molar-refractivity contribution in [2.45, 2.75) is 13.8 Å². The molecule has 7 nitrogen and oxygen atoms in total. The van der Waals surface area contributed by atoms with Crippen molar-refractivity contribution in [3.8, 4) is 5.69 Å². The van der Waals surface area contributed by atoms with Crippen molar-refractivity contribution in [2.24, 2.45) is 0 Å². The van der Waals surface area contributed by atoms with Crippen LogP contribution in [0.5, 0.6) is 0 Å². The van der Waals surface area contributed by atoms with Crippen molar-refractivity contribution in [3.05, 3.63) is 82.3 Å². The van der Waals surface area contributed by atoms with Gasteiger partial charge in [0.05, 0.1) is 29.3 Å². The lowest BCUT2D eigenvalue weighted by Crippen LogP contribution is -2.28. The van der Waals surface area contributed by atoms with Crippen molar-refractivity contribution in [3.63, 3.8) is 0 Å². The first-order chi connectivity index (χ1) is 12.5. The molecule has 0 fully saturated rings. The minimum absolute atomic E-state index is 0.0778. The van der Waals surface area contributed by atoms with E-state index in [2.05, 4.69) is 15.3 Å². The Hall–Kier alpha value is -3.61. The molecule has 0 atom stereocenters. The van der Waals surface area contributed by atoms with E-state index < -0.39 is 11.5 Å². The van der Waals surface area contributed by atoms with Crippen molar-refractivity contribution in [1.82, 2.24) is 14.5 Å². The minimum Gasteiger partial charge on any atom is -0.321 e. The number of aromatic nitrogens is 3. The van der Waals surface area contributed by atoms with E-state index in [-0.39, 0.29) is 16.9 Å². The van der Waals surface area contributed by atoms with E-state index in [1.54, 1.807) is 43.6 Å². The summed E-state index contributed by atoms with van der Waals surface area (Å²) in [6.45, 7) is 2.95. The molecule has 130 valence electrons. The largest absolute Gasteiger partial charge is 0.321 e. The van der Waals surface area contributed by atoms with Crippen LogP contribution in [0, 0.1) is 6.92 Å². The maximum atomic E-state index is 12.8. The van der Waals surface area contributed by atoms with Gasteiger partial charge in [-0.05, 0) is 38.1 Å². The van der Waals surface area contributed by atoms with Crippen LogP contribution in [0.2, 0.25) is 0 Å². The van der Waals surface area contributed by atoms with Crippen LogP contribution in [0.4, 0.5) is 5.69 Å². The van der Waals surface area contributed by atoms with Crippen molar-refractivity contribution in [1.29, 1.82) is 0 Å². The van der Waals surface area contributed by atoms with Gasteiger partial charge in [-0.1, -0.05) is 0 Å². The Kier molecular flexibility index (Phi) is 4.70. The number of amides is 1. The van der Waals surface area contributed by atoms with E-state index in [1.807, 2.05) is 0 Å². The zero-order valence-electron chi connectivity index (χ0n) is 14.3. The number of carbonyl (C=O) groups excluding carboxylic acids is 2. The van der Waals surface area contributed by atoms with Crippen LogP contribution in [-0.2, 0) is 0 Å². The SMILES string of the molecule is CC(=O)c1cc(=O)n(-c2cccnc2)c(C)c1C(=O)Nc1cccnc1. The number of carbonyl (C=O) groups is 2. The molecule has 7 heteroatoms. The molecule has 1 N–H and O–H groups in total. The summed E-state index contributed by atoms with van der Waals surface area (Å²) in [6.07, 6.45) is 6.19. The van der Waals surface area contributed by atoms with Crippen LogP contribution < -0.4 is 10.9 Å². The average Bonchev–Trinajstić information content (AvgIpc) is 2.62. The zero-order chi connectivity index (χ0) is 18.7.